The van der Waals surface area contributed by atoms with Crippen molar-refractivity contribution < 1.29 is 22.3 Å². The van der Waals surface area contributed by atoms with Crippen LogP contribution in [-0.2, 0) is 21.4 Å². The van der Waals surface area contributed by atoms with Crippen LogP contribution in [0.4, 0.5) is 4.39 Å². The molecule has 2 aromatic rings. The molecule has 140 valence electrons. The van der Waals surface area contributed by atoms with Crippen LogP contribution in [0.3, 0.4) is 0 Å². The number of para-hydroxylation sites is 1. The molecule has 0 atom stereocenters. The van der Waals surface area contributed by atoms with Crippen LogP contribution in [0.1, 0.15) is 5.56 Å². The summed E-state index contributed by atoms with van der Waals surface area (Å²) in [6.07, 6.45) is 1.05. The number of amides is 1. The van der Waals surface area contributed by atoms with Crippen molar-refractivity contribution in [3.8, 4) is 5.75 Å². The molecular weight excluding hydrogens is 359 g/mol. The summed E-state index contributed by atoms with van der Waals surface area (Å²) in [6, 6.07) is 14.9. The van der Waals surface area contributed by atoms with E-state index in [0.717, 1.165) is 10.6 Å². The van der Waals surface area contributed by atoms with Gasteiger partial charge in [0.2, 0.25) is 10.0 Å². The summed E-state index contributed by atoms with van der Waals surface area (Å²) in [6.45, 7) is -0.138. The third-order valence-electron chi connectivity index (χ3n) is 3.57. The largest absolute Gasteiger partial charge is 0.484 e. The number of benzene rings is 2. The first-order valence-corrected chi connectivity index (χ1v) is 9.84. The van der Waals surface area contributed by atoms with E-state index in [1.54, 1.807) is 30.3 Å². The van der Waals surface area contributed by atoms with Gasteiger partial charge in [0.15, 0.2) is 6.61 Å². The zero-order valence-corrected chi connectivity index (χ0v) is 15.2. The fourth-order valence-corrected chi connectivity index (χ4v) is 3.01. The molecule has 0 aliphatic heterocycles. The molecule has 0 heterocycles. The molecular formula is C18H21FN2O4S. The van der Waals surface area contributed by atoms with Gasteiger partial charge in [0, 0.05) is 25.2 Å². The molecule has 2 aromatic carbocycles. The summed E-state index contributed by atoms with van der Waals surface area (Å²) in [4.78, 5) is 11.8. The molecule has 0 aromatic heterocycles. The topological polar surface area (TPSA) is 75.7 Å². The number of halogens is 1. The van der Waals surface area contributed by atoms with E-state index in [1.165, 1.54) is 18.2 Å². The van der Waals surface area contributed by atoms with E-state index in [0.29, 0.717) is 5.75 Å². The average Bonchev–Trinajstić information content (AvgIpc) is 2.61. The third-order valence-corrected chi connectivity index (χ3v) is 4.82. The van der Waals surface area contributed by atoms with E-state index >= 15 is 0 Å². The molecule has 2 rings (SSSR count). The second-order valence-electron chi connectivity index (χ2n) is 5.64. The Hall–Kier alpha value is -2.45. The van der Waals surface area contributed by atoms with Crippen molar-refractivity contribution in [2.45, 2.75) is 6.54 Å². The van der Waals surface area contributed by atoms with Crippen molar-refractivity contribution in [2.24, 2.45) is 0 Å². The van der Waals surface area contributed by atoms with E-state index < -0.39 is 15.8 Å². The van der Waals surface area contributed by atoms with E-state index in [-0.39, 0.29) is 37.7 Å². The Bertz CT molecular complexity index is 828. The maximum Gasteiger partial charge on any atom is 0.257 e. The van der Waals surface area contributed by atoms with Gasteiger partial charge < -0.3 is 10.1 Å². The molecule has 26 heavy (non-hydrogen) atoms. The van der Waals surface area contributed by atoms with Gasteiger partial charge in [-0.25, -0.2) is 12.8 Å². The van der Waals surface area contributed by atoms with Gasteiger partial charge in [-0.3, -0.25) is 4.79 Å². The van der Waals surface area contributed by atoms with Crippen LogP contribution in [0.5, 0.6) is 5.75 Å². The van der Waals surface area contributed by atoms with Crippen molar-refractivity contribution in [1.29, 1.82) is 0 Å². The lowest BCUT2D eigenvalue weighted by Crippen LogP contribution is -2.39. The van der Waals surface area contributed by atoms with Crippen molar-refractivity contribution in [2.75, 3.05) is 26.0 Å². The molecule has 0 spiro atoms. The molecule has 0 saturated heterocycles. The normalized spacial score (nSPS) is 11.3. The molecule has 0 saturated carbocycles. The Labute approximate surface area is 152 Å². The van der Waals surface area contributed by atoms with Crippen LogP contribution >= 0.6 is 0 Å². The molecule has 0 aliphatic carbocycles. The number of rotatable bonds is 9. The smallest absolute Gasteiger partial charge is 0.257 e. The fourth-order valence-electron chi connectivity index (χ4n) is 2.22. The molecule has 0 fully saturated rings. The highest BCUT2D eigenvalue weighted by atomic mass is 32.2. The number of hydrogen-bond donors (Lipinski definition) is 1. The van der Waals surface area contributed by atoms with Gasteiger partial charge in [0.05, 0.1) is 6.26 Å². The van der Waals surface area contributed by atoms with Crippen LogP contribution in [-0.4, -0.2) is 44.6 Å². The Balaban J connectivity index is 1.84. The lowest BCUT2D eigenvalue weighted by molar-refractivity contribution is -0.123. The summed E-state index contributed by atoms with van der Waals surface area (Å²) in [7, 11) is -3.55. The minimum atomic E-state index is -3.55. The van der Waals surface area contributed by atoms with Crippen LogP contribution in [0.25, 0.3) is 0 Å². The number of nitrogens with one attached hydrogen (secondary N) is 1. The maximum absolute atomic E-state index is 13.7. The lowest BCUT2D eigenvalue weighted by atomic mass is 10.2. The Morgan fingerprint density at radius 3 is 2.42 bits per heavy atom. The molecule has 0 bridgehead atoms. The SMILES string of the molecule is CS(=O)(=O)N(CCNC(=O)COc1ccccc1)Cc1ccccc1F. The zero-order chi connectivity index (χ0) is 19.0. The molecule has 1 N–H and O–H groups in total. The van der Waals surface area contributed by atoms with Gasteiger partial charge in [0.25, 0.3) is 5.91 Å². The van der Waals surface area contributed by atoms with Gasteiger partial charge >= 0.3 is 0 Å². The average molecular weight is 380 g/mol. The monoisotopic (exact) mass is 380 g/mol. The van der Waals surface area contributed by atoms with Gasteiger partial charge in [-0.15, -0.1) is 0 Å². The molecule has 0 aliphatic rings. The Morgan fingerprint density at radius 2 is 1.77 bits per heavy atom. The first-order valence-electron chi connectivity index (χ1n) is 7.99. The van der Waals surface area contributed by atoms with Crippen LogP contribution in [0.2, 0.25) is 0 Å². The maximum atomic E-state index is 13.7. The van der Waals surface area contributed by atoms with E-state index in [4.69, 9.17) is 4.74 Å². The van der Waals surface area contributed by atoms with Crippen molar-refractivity contribution in [3.05, 3.63) is 66.0 Å². The lowest BCUT2D eigenvalue weighted by Gasteiger charge is -2.20. The van der Waals surface area contributed by atoms with Gasteiger partial charge in [-0.1, -0.05) is 36.4 Å². The minimum absolute atomic E-state index is 0.0320. The van der Waals surface area contributed by atoms with E-state index in [1.807, 2.05) is 6.07 Å². The van der Waals surface area contributed by atoms with Gasteiger partial charge in [-0.2, -0.15) is 4.31 Å². The highest BCUT2D eigenvalue weighted by Gasteiger charge is 2.18. The standard InChI is InChI=1S/C18H21FN2O4S/c1-26(23,24)21(13-15-7-5-6-10-17(15)19)12-11-20-18(22)14-25-16-8-3-2-4-9-16/h2-10H,11-14H2,1H3,(H,20,22). The second kappa shape index (κ2) is 9.30. The second-order valence-corrected chi connectivity index (χ2v) is 7.62. The molecule has 1 amide bonds. The van der Waals surface area contributed by atoms with Crippen LogP contribution < -0.4 is 10.1 Å². The van der Waals surface area contributed by atoms with Crippen molar-refractivity contribution >= 4 is 15.9 Å². The highest BCUT2D eigenvalue weighted by molar-refractivity contribution is 7.88. The third kappa shape index (κ3) is 6.45. The number of sulfonamides is 1. The fraction of sp³-hybridized carbons (Fsp3) is 0.278. The molecule has 0 unspecified atom stereocenters. The van der Waals surface area contributed by atoms with Crippen LogP contribution in [0, 0.1) is 5.82 Å². The quantitative estimate of drug-likeness (QED) is 0.720. The van der Waals surface area contributed by atoms with Gasteiger partial charge in [-0.05, 0) is 18.2 Å². The molecule has 8 heteroatoms. The number of carbonyl (C=O) groups is 1. The predicted octanol–water partition coefficient (Wildman–Crippen LogP) is 1.78. The summed E-state index contributed by atoms with van der Waals surface area (Å²) in [5, 5.41) is 2.59. The van der Waals surface area contributed by atoms with E-state index in [9.17, 15) is 17.6 Å². The minimum Gasteiger partial charge on any atom is -0.484 e. The number of carbonyl (C=O) groups excluding carboxylic acids is 1. The first kappa shape index (κ1) is 19.9. The summed E-state index contributed by atoms with van der Waals surface area (Å²) >= 11 is 0. The molecule has 0 radical (unpaired) electrons. The van der Waals surface area contributed by atoms with Crippen molar-refractivity contribution in [1.82, 2.24) is 9.62 Å². The van der Waals surface area contributed by atoms with Gasteiger partial charge in [0.1, 0.15) is 11.6 Å². The predicted molar refractivity (Wildman–Crippen MR) is 96.6 cm³/mol. The molecule has 6 nitrogen and oxygen atoms in total. The summed E-state index contributed by atoms with van der Waals surface area (Å²) < 4.78 is 44.0. The first-order chi connectivity index (χ1) is 12.4. The summed E-state index contributed by atoms with van der Waals surface area (Å²) in [5.41, 5.74) is 0.275. The zero-order valence-electron chi connectivity index (χ0n) is 14.4. The Morgan fingerprint density at radius 1 is 1.12 bits per heavy atom. The van der Waals surface area contributed by atoms with Crippen LogP contribution in [0.15, 0.2) is 54.6 Å². The number of hydrogen-bond acceptors (Lipinski definition) is 4. The Kier molecular flexibility index (Phi) is 7.11. The summed E-state index contributed by atoms with van der Waals surface area (Å²) in [5.74, 6) is -0.269. The number of ether oxygens (including phenoxy) is 1. The van der Waals surface area contributed by atoms with Crippen molar-refractivity contribution in [3.63, 3.8) is 0 Å². The van der Waals surface area contributed by atoms with E-state index in [2.05, 4.69) is 5.32 Å². The highest BCUT2D eigenvalue weighted by Crippen LogP contribution is 2.12. The number of nitrogens with zero attached hydrogens (tertiary/aromatic N) is 1.